The summed E-state index contributed by atoms with van der Waals surface area (Å²) in [6.45, 7) is 5.33. The molecule has 2 fully saturated rings. The average Bonchev–Trinajstić information content (AvgIpc) is 3.10. The van der Waals surface area contributed by atoms with E-state index in [0.29, 0.717) is 18.0 Å². The van der Waals surface area contributed by atoms with Gasteiger partial charge in [-0.25, -0.2) is 0 Å². The van der Waals surface area contributed by atoms with E-state index in [9.17, 15) is 4.79 Å². The molecule has 1 saturated carbocycles. The van der Waals surface area contributed by atoms with E-state index >= 15 is 0 Å². The first-order valence-corrected chi connectivity index (χ1v) is 11.6. The third kappa shape index (κ3) is 3.30. The average molecular weight is 395 g/mol. The van der Waals surface area contributed by atoms with Gasteiger partial charge in [-0.1, -0.05) is 18.6 Å². The van der Waals surface area contributed by atoms with Crippen LogP contribution in [0.15, 0.2) is 24.4 Å². The molecule has 5 rings (SSSR count). The molecule has 4 heteroatoms. The van der Waals surface area contributed by atoms with Gasteiger partial charge in [0.2, 0.25) is 0 Å². The Morgan fingerprint density at radius 3 is 2.72 bits per heavy atom. The number of carbonyl (C=O) groups excluding carboxylic acids is 1. The van der Waals surface area contributed by atoms with Crippen LogP contribution in [0.2, 0.25) is 0 Å². The lowest BCUT2D eigenvalue weighted by Crippen LogP contribution is -2.50. The summed E-state index contributed by atoms with van der Waals surface area (Å²) in [5, 5.41) is 1.44. The Morgan fingerprint density at radius 2 is 1.97 bits per heavy atom. The van der Waals surface area contributed by atoms with Crippen molar-refractivity contribution < 1.29 is 9.53 Å². The van der Waals surface area contributed by atoms with E-state index in [1.807, 2.05) is 0 Å². The number of esters is 1. The molecule has 4 nitrogen and oxygen atoms in total. The Balaban J connectivity index is 1.43. The number of fused-ring (bicyclic) bond motifs is 2. The number of benzene rings is 1. The summed E-state index contributed by atoms with van der Waals surface area (Å²) in [6, 6.07) is 7.69. The van der Waals surface area contributed by atoms with Crippen molar-refractivity contribution in [2.24, 2.45) is 5.92 Å². The first-order chi connectivity index (χ1) is 14.0. The summed E-state index contributed by atoms with van der Waals surface area (Å²) < 4.78 is 8.38. The van der Waals surface area contributed by atoms with Crippen LogP contribution >= 0.6 is 0 Å². The number of nitrogens with zero attached hydrogens (tertiary/aromatic N) is 2. The highest BCUT2D eigenvalue weighted by atomic mass is 16.5. The van der Waals surface area contributed by atoms with Crippen LogP contribution in [0.1, 0.15) is 75.5 Å². The topological polar surface area (TPSA) is 34.5 Å². The van der Waals surface area contributed by atoms with E-state index < -0.39 is 0 Å². The van der Waals surface area contributed by atoms with Crippen molar-refractivity contribution in [1.82, 2.24) is 9.47 Å². The summed E-state index contributed by atoms with van der Waals surface area (Å²) in [6.07, 6.45) is 10.3. The van der Waals surface area contributed by atoms with Crippen molar-refractivity contribution in [2.45, 2.75) is 82.9 Å². The molecule has 1 aromatic heterocycles. The lowest BCUT2D eigenvalue weighted by Gasteiger charge is -2.45. The van der Waals surface area contributed by atoms with Gasteiger partial charge in [0.1, 0.15) is 6.10 Å². The second-order valence-corrected chi connectivity index (χ2v) is 9.84. The number of hydrogen-bond acceptors (Lipinski definition) is 3. The number of rotatable bonds is 3. The molecule has 1 aromatic carbocycles. The molecule has 0 bridgehead atoms. The van der Waals surface area contributed by atoms with Crippen LogP contribution < -0.4 is 0 Å². The minimum atomic E-state index is -0.00725. The lowest BCUT2D eigenvalue weighted by atomic mass is 9.72. The van der Waals surface area contributed by atoms with Crippen LogP contribution in [0.3, 0.4) is 0 Å². The van der Waals surface area contributed by atoms with Gasteiger partial charge in [0.15, 0.2) is 0 Å². The second kappa shape index (κ2) is 7.46. The van der Waals surface area contributed by atoms with Gasteiger partial charge < -0.3 is 14.2 Å². The summed E-state index contributed by atoms with van der Waals surface area (Å²) >= 11 is 0. The largest absolute Gasteiger partial charge is 0.462 e. The Hall–Kier alpha value is -1.81. The van der Waals surface area contributed by atoms with Gasteiger partial charge in [-0.3, -0.25) is 4.79 Å². The van der Waals surface area contributed by atoms with Crippen molar-refractivity contribution >= 4 is 16.9 Å². The minimum absolute atomic E-state index is 0.00725. The minimum Gasteiger partial charge on any atom is -0.462 e. The van der Waals surface area contributed by atoms with Crippen molar-refractivity contribution in [3.63, 3.8) is 0 Å². The van der Waals surface area contributed by atoms with Gasteiger partial charge in [0, 0.05) is 41.6 Å². The van der Waals surface area contributed by atoms with Gasteiger partial charge in [-0.05, 0) is 76.6 Å². The van der Waals surface area contributed by atoms with E-state index in [1.165, 1.54) is 41.3 Å². The maximum absolute atomic E-state index is 13.0. The molecule has 2 aliphatic carbocycles. The fourth-order valence-electron chi connectivity index (χ4n) is 6.12. The molecule has 0 N–H and O–H groups in total. The van der Waals surface area contributed by atoms with Crippen LogP contribution in [0.25, 0.3) is 10.9 Å². The Morgan fingerprint density at radius 1 is 1.17 bits per heavy atom. The highest BCUT2D eigenvalue weighted by Gasteiger charge is 2.42. The van der Waals surface area contributed by atoms with Crippen molar-refractivity contribution in [2.75, 3.05) is 13.6 Å². The SMILES string of the molecule is CC(C)n1cc2c3c(cccc31)C1C[C@@H](C(=O)OC3CCCCC3)CN(C)C1C2. The Kier molecular flexibility index (Phi) is 4.93. The molecular formula is C25H34N2O2. The third-order valence-electron chi connectivity index (χ3n) is 7.60. The Bertz CT molecular complexity index is 909. The zero-order chi connectivity index (χ0) is 20.1. The van der Waals surface area contributed by atoms with Gasteiger partial charge in [-0.15, -0.1) is 0 Å². The van der Waals surface area contributed by atoms with Gasteiger partial charge in [0.05, 0.1) is 5.92 Å². The monoisotopic (exact) mass is 394 g/mol. The number of aromatic nitrogens is 1. The van der Waals surface area contributed by atoms with Crippen molar-refractivity contribution in [1.29, 1.82) is 0 Å². The zero-order valence-electron chi connectivity index (χ0n) is 18.1. The molecule has 2 unspecified atom stereocenters. The number of ether oxygens (including phenoxy) is 1. The van der Waals surface area contributed by atoms with Crippen molar-refractivity contribution in [3.05, 3.63) is 35.5 Å². The molecule has 1 aliphatic heterocycles. The maximum Gasteiger partial charge on any atom is 0.310 e. The molecule has 29 heavy (non-hydrogen) atoms. The van der Waals surface area contributed by atoms with E-state index in [4.69, 9.17) is 4.74 Å². The smallest absolute Gasteiger partial charge is 0.310 e. The molecule has 1 saturated heterocycles. The number of likely N-dealkylation sites (tertiary alicyclic amines) is 1. The normalized spacial score (nSPS) is 27.9. The molecule has 0 radical (unpaired) electrons. The predicted molar refractivity (Wildman–Crippen MR) is 116 cm³/mol. The molecule has 2 heterocycles. The third-order valence-corrected chi connectivity index (χ3v) is 7.60. The van der Waals surface area contributed by atoms with Crippen LogP contribution in [0.5, 0.6) is 0 Å². The zero-order valence-corrected chi connectivity index (χ0v) is 18.1. The van der Waals surface area contributed by atoms with Crippen LogP contribution in [0.4, 0.5) is 0 Å². The first kappa shape index (κ1) is 19.2. The van der Waals surface area contributed by atoms with Gasteiger partial charge >= 0.3 is 5.97 Å². The summed E-state index contributed by atoms with van der Waals surface area (Å²) in [7, 11) is 2.20. The van der Waals surface area contributed by atoms with E-state index in [0.717, 1.165) is 32.2 Å². The summed E-state index contributed by atoms with van der Waals surface area (Å²) in [5.41, 5.74) is 4.26. The second-order valence-electron chi connectivity index (χ2n) is 9.84. The molecule has 2 aromatic rings. The molecule has 3 atom stereocenters. The van der Waals surface area contributed by atoms with Gasteiger partial charge in [-0.2, -0.15) is 0 Å². The fraction of sp³-hybridized carbons (Fsp3) is 0.640. The maximum atomic E-state index is 13.0. The number of carbonyl (C=O) groups is 1. The van der Waals surface area contributed by atoms with E-state index in [-0.39, 0.29) is 18.0 Å². The van der Waals surface area contributed by atoms with Crippen molar-refractivity contribution in [3.8, 4) is 0 Å². The summed E-state index contributed by atoms with van der Waals surface area (Å²) in [5.74, 6) is 0.448. The van der Waals surface area contributed by atoms with Gasteiger partial charge in [0.25, 0.3) is 0 Å². The van der Waals surface area contributed by atoms with Crippen LogP contribution in [-0.2, 0) is 16.0 Å². The lowest BCUT2D eigenvalue weighted by molar-refractivity contribution is -0.158. The van der Waals surface area contributed by atoms with E-state index in [2.05, 4.69) is 54.8 Å². The molecule has 3 aliphatic rings. The van der Waals surface area contributed by atoms with Crippen LogP contribution in [-0.4, -0.2) is 41.2 Å². The molecular weight excluding hydrogens is 360 g/mol. The van der Waals surface area contributed by atoms with Crippen LogP contribution in [0, 0.1) is 5.92 Å². The highest BCUT2D eigenvalue weighted by molar-refractivity contribution is 5.89. The number of piperidine rings is 1. The Labute approximate surface area is 174 Å². The highest BCUT2D eigenvalue weighted by Crippen LogP contribution is 2.45. The summed E-state index contributed by atoms with van der Waals surface area (Å²) in [4.78, 5) is 15.4. The quantitative estimate of drug-likeness (QED) is 0.683. The number of likely N-dealkylation sites (N-methyl/N-ethyl adjacent to an activating group) is 1. The van der Waals surface area contributed by atoms with E-state index in [1.54, 1.807) is 0 Å². The number of hydrogen-bond donors (Lipinski definition) is 0. The predicted octanol–water partition coefficient (Wildman–Crippen LogP) is 5.06. The molecule has 0 amide bonds. The molecule has 0 spiro atoms. The fourth-order valence-corrected chi connectivity index (χ4v) is 6.12. The first-order valence-electron chi connectivity index (χ1n) is 11.6. The molecule has 156 valence electrons. The standard InChI is InChI=1S/C25H34N2O2/c1-16(2)27-15-17-13-23-21(20-10-7-11-22(27)24(17)20)12-18(14-26(23)3)25(28)29-19-8-5-4-6-9-19/h7,10-11,15-16,18-19,21,23H,4-6,8-9,12-14H2,1-3H3/t18-,21?,23?/m1/s1.